The van der Waals surface area contributed by atoms with Gasteiger partial charge in [-0.3, -0.25) is 10.1 Å². The maximum atomic E-state index is 10.7. The number of likely N-dealkylation sites (N-methyl/N-ethyl adjacent to an activating group) is 1. The number of rotatable bonds is 3. The zero-order valence-corrected chi connectivity index (χ0v) is 15.3. The highest BCUT2D eigenvalue weighted by Gasteiger charge is 2.59. The molecule has 8 heteroatoms. The molecule has 4 rings (SSSR count). The molecular formula is C19H19N5O3. The third kappa shape index (κ3) is 2.48. The molecule has 1 spiro atoms. The van der Waals surface area contributed by atoms with Crippen LogP contribution in [0.3, 0.4) is 0 Å². The number of hydrogen-bond donors (Lipinski definition) is 0. The van der Waals surface area contributed by atoms with Crippen molar-refractivity contribution >= 4 is 29.0 Å². The van der Waals surface area contributed by atoms with Crippen LogP contribution in [0, 0.1) is 10.1 Å². The Kier molecular flexibility index (Phi) is 3.73. The molecule has 2 aliphatic heterocycles. The minimum absolute atomic E-state index is 0.0281. The van der Waals surface area contributed by atoms with Crippen molar-refractivity contribution in [1.82, 2.24) is 0 Å². The number of non-ortho nitro benzene ring substituents is 1. The molecule has 2 heterocycles. The Bertz CT molecular complexity index is 958. The van der Waals surface area contributed by atoms with E-state index in [1.165, 1.54) is 12.1 Å². The smallest absolute Gasteiger partial charge is 0.269 e. The van der Waals surface area contributed by atoms with E-state index in [0.29, 0.717) is 17.8 Å². The first-order valence-electron chi connectivity index (χ1n) is 8.60. The van der Waals surface area contributed by atoms with Gasteiger partial charge in [0, 0.05) is 37.5 Å². The molecule has 0 aliphatic carbocycles. The van der Waals surface area contributed by atoms with Gasteiger partial charge in [-0.15, -0.1) is 0 Å². The fourth-order valence-corrected chi connectivity index (χ4v) is 3.85. The number of anilines is 1. The van der Waals surface area contributed by atoms with Crippen LogP contribution in [0.4, 0.5) is 22.7 Å². The minimum Gasteiger partial charge on any atom is -0.366 e. The van der Waals surface area contributed by atoms with Crippen molar-refractivity contribution in [3.63, 3.8) is 0 Å². The number of fused-ring (bicyclic) bond motifs is 1. The van der Waals surface area contributed by atoms with Crippen LogP contribution in [0.5, 0.6) is 0 Å². The molecule has 0 saturated heterocycles. The lowest BCUT2D eigenvalue weighted by atomic mass is 9.76. The van der Waals surface area contributed by atoms with Gasteiger partial charge in [0.2, 0.25) is 5.72 Å². The van der Waals surface area contributed by atoms with E-state index in [4.69, 9.17) is 4.84 Å². The Balaban J connectivity index is 1.64. The van der Waals surface area contributed by atoms with Crippen molar-refractivity contribution in [1.29, 1.82) is 0 Å². The number of hydrogen-bond acceptors (Lipinski definition) is 7. The first kappa shape index (κ1) is 17.1. The number of oxime groups is 1. The summed E-state index contributed by atoms with van der Waals surface area (Å²) in [5.41, 5.74) is 2.69. The summed E-state index contributed by atoms with van der Waals surface area (Å²) in [5.74, 6) is 0. The fraction of sp³-hybridized carbons (Fsp3) is 0.316. The lowest BCUT2D eigenvalue weighted by Gasteiger charge is -2.40. The van der Waals surface area contributed by atoms with E-state index in [1.807, 2.05) is 25.2 Å². The van der Waals surface area contributed by atoms with Gasteiger partial charge in [0.05, 0.1) is 21.7 Å². The summed E-state index contributed by atoms with van der Waals surface area (Å²) in [6.07, 6.45) is 2.52. The molecule has 0 radical (unpaired) electrons. The fourth-order valence-electron chi connectivity index (χ4n) is 3.85. The van der Waals surface area contributed by atoms with Crippen LogP contribution in [0.2, 0.25) is 0 Å². The Morgan fingerprint density at radius 2 is 1.81 bits per heavy atom. The highest BCUT2D eigenvalue weighted by Crippen LogP contribution is 2.54. The number of nitrogens with zero attached hydrogens (tertiary/aromatic N) is 5. The maximum Gasteiger partial charge on any atom is 0.269 e. The summed E-state index contributed by atoms with van der Waals surface area (Å²) >= 11 is 0. The van der Waals surface area contributed by atoms with Gasteiger partial charge in [-0.2, -0.15) is 10.2 Å². The normalized spacial score (nSPS) is 22.4. The van der Waals surface area contributed by atoms with E-state index in [-0.39, 0.29) is 11.1 Å². The lowest BCUT2D eigenvalue weighted by molar-refractivity contribution is -0.384. The summed E-state index contributed by atoms with van der Waals surface area (Å²) in [5, 5.41) is 23.2. The Hall–Kier alpha value is -3.29. The van der Waals surface area contributed by atoms with Gasteiger partial charge in [-0.05, 0) is 49.7 Å². The first-order chi connectivity index (χ1) is 12.8. The molecule has 2 aliphatic rings. The van der Waals surface area contributed by atoms with Crippen LogP contribution in [0.15, 0.2) is 57.8 Å². The predicted molar refractivity (Wildman–Crippen MR) is 102 cm³/mol. The second-order valence-electron chi connectivity index (χ2n) is 7.23. The number of nitro benzene ring substituents is 1. The van der Waals surface area contributed by atoms with Crippen molar-refractivity contribution in [2.75, 3.05) is 11.9 Å². The van der Waals surface area contributed by atoms with Crippen molar-refractivity contribution in [2.45, 2.75) is 31.4 Å². The number of benzene rings is 2. The topological polar surface area (TPSA) is 92.7 Å². The maximum absolute atomic E-state index is 10.7. The van der Waals surface area contributed by atoms with Crippen LogP contribution < -0.4 is 4.90 Å². The van der Waals surface area contributed by atoms with Gasteiger partial charge < -0.3 is 9.74 Å². The molecule has 1 atom stereocenters. The quantitative estimate of drug-likeness (QED) is 0.442. The molecule has 0 bridgehead atoms. The monoisotopic (exact) mass is 365 g/mol. The Labute approximate surface area is 156 Å². The Morgan fingerprint density at radius 3 is 2.44 bits per heavy atom. The molecule has 138 valence electrons. The molecule has 0 saturated carbocycles. The third-order valence-corrected chi connectivity index (χ3v) is 5.52. The summed E-state index contributed by atoms with van der Waals surface area (Å²) in [6, 6.07) is 11.9. The van der Waals surface area contributed by atoms with Crippen molar-refractivity contribution in [3.05, 3.63) is 58.1 Å². The van der Waals surface area contributed by atoms with E-state index in [1.54, 1.807) is 18.3 Å². The van der Waals surface area contributed by atoms with Gasteiger partial charge in [0.1, 0.15) is 0 Å². The van der Waals surface area contributed by atoms with Crippen LogP contribution in [-0.4, -0.2) is 23.9 Å². The van der Waals surface area contributed by atoms with E-state index in [2.05, 4.69) is 34.1 Å². The minimum atomic E-state index is -0.524. The van der Waals surface area contributed by atoms with E-state index in [9.17, 15) is 10.1 Å². The van der Waals surface area contributed by atoms with Crippen molar-refractivity contribution in [2.24, 2.45) is 15.4 Å². The van der Waals surface area contributed by atoms with Crippen LogP contribution in [0.1, 0.15) is 25.8 Å². The third-order valence-electron chi connectivity index (χ3n) is 5.52. The average molecular weight is 365 g/mol. The van der Waals surface area contributed by atoms with Gasteiger partial charge in [-0.25, -0.2) is 0 Å². The summed E-state index contributed by atoms with van der Waals surface area (Å²) < 4.78 is 0. The summed E-state index contributed by atoms with van der Waals surface area (Å²) in [7, 11) is 2.01. The molecule has 2 aromatic carbocycles. The predicted octanol–water partition coefficient (Wildman–Crippen LogP) is 4.84. The standard InChI is InChI=1S/C19H19N5O3/c1-18(2)16-12-14(22-21-13-4-7-15(8-5-13)24(25)26)6-9-17(16)23(3)19(18)10-11-20-27-19/h4-9,11-12H,10H2,1-3H3. The van der Waals surface area contributed by atoms with Crippen molar-refractivity contribution < 1.29 is 9.76 Å². The largest absolute Gasteiger partial charge is 0.366 e. The van der Waals surface area contributed by atoms with Gasteiger partial charge in [0.25, 0.3) is 5.69 Å². The van der Waals surface area contributed by atoms with Gasteiger partial charge in [0.15, 0.2) is 0 Å². The zero-order chi connectivity index (χ0) is 19.2. The highest BCUT2D eigenvalue weighted by molar-refractivity contribution is 5.73. The SMILES string of the molecule is CN1c2ccc(N=Nc3ccc([N+](=O)[O-])cc3)cc2C(C)(C)C12CC=NO2. The average Bonchev–Trinajstić information content (AvgIpc) is 3.22. The highest BCUT2D eigenvalue weighted by atomic mass is 16.7. The molecule has 0 N–H and O–H groups in total. The zero-order valence-electron chi connectivity index (χ0n) is 15.3. The molecule has 0 aromatic heterocycles. The van der Waals surface area contributed by atoms with Gasteiger partial charge >= 0.3 is 0 Å². The molecule has 1 unspecified atom stereocenters. The van der Waals surface area contributed by atoms with Crippen LogP contribution in [-0.2, 0) is 10.3 Å². The van der Waals surface area contributed by atoms with Crippen LogP contribution in [0.25, 0.3) is 0 Å². The Morgan fingerprint density at radius 1 is 1.15 bits per heavy atom. The summed E-state index contributed by atoms with van der Waals surface area (Å²) in [6.45, 7) is 4.28. The second-order valence-corrected chi connectivity index (χ2v) is 7.23. The van der Waals surface area contributed by atoms with E-state index in [0.717, 1.165) is 11.3 Å². The molecular weight excluding hydrogens is 346 g/mol. The molecule has 8 nitrogen and oxygen atoms in total. The van der Waals surface area contributed by atoms with E-state index >= 15 is 0 Å². The molecule has 0 amide bonds. The van der Waals surface area contributed by atoms with Gasteiger partial charge in [-0.1, -0.05) is 5.16 Å². The van der Waals surface area contributed by atoms with Crippen LogP contribution >= 0.6 is 0 Å². The molecule has 0 fully saturated rings. The summed E-state index contributed by atoms with van der Waals surface area (Å²) in [4.78, 5) is 18.2. The molecule has 2 aromatic rings. The number of azo groups is 1. The number of nitro groups is 1. The van der Waals surface area contributed by atoms with E-state index < -0.39 is 10.6 Å². The lowest BCUT2D eigenvalue weighted by Crippen LogP contribution is -2.54. The first-order valence-corrected chi connectivity index (χ1v) is 8.60. The molecule has 27 heavy (non-hydrogen) atoms. The van der Waals surface area contributed by atoms with Crippen molar-refractivity contribution in [3.8, 4) is 0 Å². The second kappa shape index (κ2) is 5.87.